The Hall–Kier alpha value is -3.81. The number of fused-ring (bicyclic) bond motifs is 1. The van der Waals surface area contributed by atoms with Crippen molar-refractivity contribution in [3.63, 3.8) is 0 Å². The minimum atomic E-state index is -0.348. The van der Waals surface area contributed by atoms with Crippen molar-refractivity contribution < 1.29 is 9.18 Å². The highest BCUT2D eigenvalue weighted by Gasteiger charge is 2.10. The molecule has 4 aromatic rings. The lowest BCUT2D eigenvalue weighted by Gasteiger charge is -2.05. The standard InChI is InChI=1S/C20H16FN5O2/c21-14-6-4-13(5-7-14)9-19(27)23-12-15-10-20(28)26-18(24-15)11-17(25-26)16-3-1-2-8-22-16/h1-8,10-11,25H,9,12H2,(H,23,27). The summed E-state index contributed by atoms with van der Waals surface area (Å²) in [6.07, 6.45) is 1.79. The molecule has 0 spiro atoms. The van der Waals surface area contributed by atoms with Gasteiger partial charge in [-0.25, -0.2) is 13.9 Å². The molecule has 140 valence electrons. The third kappa shape index (κ3) is 3.80. The summed E-state index contributed by atoms with van der Waals surface area (Å²) in [5, 5.41) is 5.70. The van der Waals surface area contributed by atoms with Gasteiger partial charge in [-0.15, -0.1) is 0 Å². The average molecular weight is 377 g/mol. The quantitative estimate of drug-likeness (QED) is 0.557. The van der Waals surface area contributed by atoms with Gasteiger partial charge in [-0.05, 0) is 29.8 Å². The van der Waals surface area contributed by atoms with E-state index in [2.05, 4.69) is 20.4 Å². The summed E-state index contributed by atoms with van der Waals surface area (Å²) in [4.78, 5) is 33.1. The second kappa shape index (κ2) is 7.43. The molecule has 0 unspecified atom stereocenters. The molecule has 3 aromatic heterocycles. The Morgan fingerprint density at radius 2 is 1.96 bits per heavy atom. The van der Waals surface area contributed by atoms with Gasteiger partial charge >= 0.3 is 0 Å². The Labute approximate surface area is 158 Å². The number of H-pyrrole nitrogens is 1. The van der Waals surface area contributed by atoms with Crippen LogP contribution in [0.2, 0.25) is 0 Å². The van der Waals surface area contributed by atoms with Crippen molar-refractivity contribution in [2.75, 3.05) is 0 Å². The minimum Gasteiger partial charge on any atom is -0.350 e. The molecule has 4 rings (SSSR count). The second-order valence-corrected chi connectivity index (χ2v) is 6.24. The van der Waals surface area contributed by atoms with Crippen LogP contribution in [0.1, 0.15) is 11.3 Å². The van der Waals surface area contributed by atoms with Gasteiger partial charge in [0, 0.05) is 18.3 Å². The number of aromatic amines is 1. The molecule has 1 amide bonds. The van der Waals surface area contributed by atoms with E-state index in [9.17, 15) is 14.0 Å². The summed E-state index contributed by atoms with van der Waals surface area (Å²) >= 11 is 0. The number of nitrogens with one attached hydrogen (secondary N) is 2. The first kappa shape index (κ1) is 17.6. The van der Waals surface area contributed by atoms with Crippen molar-refractivity contribution in [3.05, 3.63) is 88.2 Å². The molecule has 2 N–H and O–H groups in total. The Kier molecular flexibility index (Phi) is 4.67. The molecule has 0 radical (unpaired) electrons. The third-order valence-corrected chi connectivity index (χ3v) is 4.19. The molecule has 0 fully saturated rings. The first-order valence-electron chi connectivity index (χ1n) is 8.63. The van der Waals surface area contributed by atoms with E-state index in [1.807, 2.05) is 18.2 Å². The molecular formula is C20H16FN5O2. The molecule has 28 heavy (non-hydrogen) atoms. The summed E-state index contributed by atoms with van der Waals surface area (Å²) in [6, 6.07) is 14.3. The zero-order chi connectivity index (χ0) is 19.5. The predicted octanol–water partition coefficient (Wildman–Crippen LogP) is 2.08. The van der Waals surface area contributed by atoms with Gasteiger partial charge in [0.15, 0.2) is 5.65 Å². The Balaban J connectivity index is 1.49. The molecule has 1 aromatic carbocycles. The number of carbonyl (C=O) groups excluding carboxylic acids is 1. The number of nitrogens with zero attached hydrogens (tertiary/aromatic N) is 3. The van der Waals surface area contributed by atoms with E-state index in [1.54, 1.807) is 24.4 Å². The third-order valence-electron chi connectivity index (χ3n) is 4.19. The van der Waals surface area contributed by atoms with E-state index in [1.165, 1.54) is 22.7 Å². The normalized spacial score (nSPS) is 10.9. The number of aromatic nitrogens is 4. The fourth-order valence-electron chi connectivity index (χ4n) is 2.82. The first-order chi connectivity index (χ1) is 13.6. The summed E-state index contributed by atoms with van der Waals surface area (Å²) in [5.41, 5.74) is 2.67. The molecule has 0 aliphatic carbocycles. The molecule has 0 saturated carbocycles. The molecule has 0 bridgehead atoms. The zero-order valence-corrected chi connectivity index (χ0v) is 14.7. The summed E-state index contributed by atoms with van der Waals surface area (Å²) in [6.45, 7) is 0.121. The van der Waals surface area contributed by atoms with Crippen LogP contribution in [0.4, 0.5) is 4.39 Å². The predicted molar refractivity (Wildman–Crippen MR) is 101 cm³/mol. The number of hydrogen-bond donors (Lipinski definition) is 2. The van der Waals surface area contributed by atoms with Gasteiger partial charge in [-0.1, -0.05) is 18.2 Å². The van der Waals surface area contributed by atoms with Crippen molar-refractivity contribution in [2.24, 2.45) is 0 Å². The van der Waals surface area contributed by atoms with Crippen LogP contribution < -0.4 is 10.9 Å². The van der Waals surface area contributed by atoms with Crippen molar-refractivity contribution in [1.82, 2.24) is 24.9 Å². The molecule has 8 heteroatoms. The van der Waals surface area contributed by atoms with Crippen LogP contribution >= 0.6 is 0 Å². The SMILES string of the molecule is O=C(Cc1ccc(F)cc1)NCc1cc(=O)n2[nH]c(-c3ccccn3)cc2n1. The number of benzene rings is 1. The van der Waals surface area contributed by atoms with E-state index < -0.39 is 0 Å². The monoisotopic (exact) mass is 377 g/mol. The van der Waals surface area contributed by atoms with Gasteiger partial charge in [0.05, 0.1) is 30.0 Å². The lowest BCUT2D eigenvalue weighted by Crippen LogP contribution is -2.26. The van der Waals surface area contributed by atoms with Gasteiger partial charge in [-0.3, -0.25) is 19.7 Å². The number of rotatable bonds is 5. The average Bonchev–Trinajstić information content (AvgIpc) is 3.14. The molecule has 0 atom stereocenters. The van der Waals surface area contributed by atoms with Gasteiger partial charge < -0.3 is 5.32 Å². The van der Waals surface area contributed by atoms with E-state index >= 15 is 0 Å². The Morgan fingerprint density at radius 3 is 2.71 bits per heavy atom. The van der Waals surface area contributed by atoms with E-state index in [0.29, 0.717) is 28.3 Å². The largest absolute Gasteiger partial charge is 0.350 e. The lowest BCUT2D eigenvalue weighted by atomic mass is 10.1. The highest BCUT2D eigenvalue weighted by molar-refractivity contribution is 5.78. The smallest absolute Gasteiger partial charge is 0.272 e. The molecular weight excluding hydrogens is 361 g/mol. The number of halogens is 1. The van der Waals surface area contributed by atoms with Crippen LogP contribution in [0.15, 0.2) is 65.6 Å². The van der Waals surface area contributed by atoms with Gasteiger partial charge in [0.1, 0.15) is 5.82 Å². The number of amides is 1. The Bertz CT molecular complexity index is 1180. The fourth-order valence-corrected chi connectivity index (χ4v) is 2.82. The van der Waals surface area contributed by atoms with Crippen LogP contribution in [0, 0.1) is 5.82 Å². The topological polar surface area (TPSA) is 92.2 Å². The zero-order valence-electron chi connectivity index (χ0n) is 14.7. The molecule has 0 aliphatic heterocycles. The van der Waals surface area contributed by atoms with Gasteiger partial charge in [0.2, 0.25) is 5.91 Å². The maximum atomic E-state index is 12.9. The highest BCUT2D eigenvalue weighted by atomic mass is 19.1. The number of carbonyl (C=O) groups is 1. The van der Waals surface area contributed by atoms with E-state index in [-0.39, 0.29) is 30.2 Å². The van der Waals surface area contributed by atoms with Crippen LogP contribution in [0.5, 0.6) is 0 Å². The molecule has 7 nitrogen and oxygen atoms in total. The summed E-state index contributed by atoms with van der Waals surface area (Å²) in [5.74, 6) is -0.587. The van der Waals surface area contributed by atoms with Crippen molar-refractivity contribution in [2.45, 2.75) is 13.0 Å². The van der Waals surface area contributed by atoms with Crippen molar-refractivity contribution in [3.8, 4) is 11.4 Å². The molecule has 3 heterocycles. The minimum absolute atomic E-state index is 0.121. The lowest BCUT2D eigenvalue weighted by molar-refractivity contribution is -0.120. The van der Waals surface area contributed by atoms with Crippen molar-refractivity contribution in [1.29, 1.82) is 0 Å². The fraction of sp³-hybridized carbons (Fsp3) is 0.100. The summed E-state index contributed by atoms with van der Waals surface area (Å²) in [7, 11) is 0. The number of pyridine rings is 1. The van der Waals surface area contributed by atoms with Gasteiger partial charge in [-0.2, -0.15) is 0 Å². The second-order valence-electron chi connectivity index (χ2n) is 6.24. The van der Waals surface area contributed by atoms with E-state index in [4.69, 9.17) is 0 Å². The Morgan fingerprint density at radius 1 is 1.14 bits per heavy atom. The van der Waals surface area contributed by atoms with Gasteiger partial charge in [0.25, 0.3) is 5.56 Å². The van der Waals surface area contributed by atoms with Crippen LogP contribution in [0.25, 0.3) is 17.0 Å². The maximum Gasteiger partial charge on any atom is 0.272 e. The first-order valence-corrected chi connectivity index (χ1v) is 8.63. The highest BCUT2D eigenvalue weighted by Crippen LogP contribution is 2.15. The van der Waals surface area contributed by atoms with Crippen LogP contribution in [-0.2, 0) is 17.8 Å². The maximum absolute atomic E-state index is 12.9. The van der Waals surface area contributed by atoms with E-state index in [0.717, 1.165) is 0 Å². The van der Waals surface area contributed by atoms with Crippen LogP contribution in [-0.4, -0.2) is 25.5 Å². The summed E-state index contributed by atoms with van der Waals surface area (Å²) < 4.78 is 14.2. The number of hydrogen-bond acceptors (Lipinski definition) is 4. The molecule has 0 saturated heterocycles. The molecule has 0 aliphatic rings. The van der Waals surface area contributed by atoms with Crippen molar-refractivity contribution >= 4 is 11.6 Å². The van der Waals surface area contributed by atoms with Crippen LogP contribution in [0.3, 0.4) is 0 Å².